The van der Waals surface area contributed by atoms with Gasteiger partial charge in [0.15, 0.2) is 0 Å². The van der Waals surface area contributed by atoms with E-state index in [1.165, 1.54) is 16.7 Å². The minimum Gasteiger partial charge on any atom is -0.348 e. The van der Waals surface area contributed by atoms with Gasteiger partial charge in [0.25, 0.3) is 0 Å². The van der Waals surface area contributed by atoms with Gasteiger partial charge >= 0.3 is 6.03 Å². The number of nitrogens with one attached hydrogen (secondary N) is 1. The molecule has 1 aromatic heterocycles. The van der Waals surface area contributed by atoms with Gasteiger partial charge in [-0.05, 0) is 53.8 Å². The summed E-state index contributed by atoms with van der Waals surface area (Å²) in [6.45, 7) is 7.94. The first-order chi connectivity index (χ1) is 13.5. The quantitative estimate of drug-likeness (QED) is 0.641. The number of fused-ring (bicyclic) bond motifs is 1. The van der Waals surface area contributed by atoms with Crippen molar-refractivity contribution in [2.24, 2.45) is 0 Å². The highest BCUT2D eigenvalue weighted by Gasteiger charge is 2.32. The summed E-state index contributed by atoms with van der Waals surface area (Å²) in [5, 5.41) is 3.10. The SMILES string of the molecule is Cc1ccccc1[C@H]1c2cccn2CCN1C(=O)Nc1ccc(C(C)C)cc1. The molecule has 2 heterocycles. The number of carbonyl (C=O) groups is 1. The Bertz CT molecular complexity index is 972. The van der Waals surface area contributed by atoms with Gasteiger partial charge in [-0.3, -0.25) is 0 Å². The van der Waals surface area contributed by atoms with Crippen LogP contribution in [0.15, 0.2) is 66.9 Å². The van der Waals surface area contributed by atoms with Crippen molar-refractivity contribution in [3.8, 4) is 0 Å². The molecule has 3 aromatic rings. The Morgan fingerprint density at radius 3 is 2.46 bits per heavy atom. The molecule has 0 radical (unpaired) electrons. The number of urea groups is 1. The topological polar surface area (TPSA) is 37.3 Å². The van der Waals surface area contributed by atoms with Crippen LogP contribution < -0.4 is 5.32 Å². The molecule has 1 N–H and O–H groups in total. The molecule has 0 aliphatic carbocycles. The highest BCUT2D eigenvalue weighted by atomic mass is 16.2. The van der Waals surface area contributed by atoms with E-state index in [2.05, 4.69) is 73.3 Å². The zero-order valence-electron chi connectivity index (χ0n) is 16.7. The summed E-state index contributed by atoms with van der Waals surface area (Å²) >= 11 is 0. The molecule has 0 spiro atoms. The summed E-state index contributed by atoms with van der Waals surface area (Å²) in [6, 6.07) is 20.5. The van der Waals surface area contributed by atoms with E-state index in [4.69, 9.17) is 0 Å². The van der Waals surface area contributed by atoms with Crippen molar-refractivity contribution < 1.29 is 4.79 Å². The van der Waals surface area contributed by atoms with Crippen molar-refractivity contribution in [2.75, 3.05) is 11.9 Å². The monoisotopic (exact) mass is 373 g/mol. The second-order valence-corrected chi connectivity index (χ2v) is 7.79. The molecule has 2 amide bonds. The maximum Gasteiger partial charge on any atom is 0.322 e. The van der Waals surface area contributed by atoms with E-state index in [1.807, 2.05) is 29.2 Å². The van der Waals surface area contributed by atoms with Gasteiger partial charge < -0.3 is 14.8 Å². The number of rotatable bonds is 3. The van der Waals surface area contributed by atoms with Gasteiger partial charge in [-0.25, -0.2) is 4.79 Å². The molecule has 1 atom stereocenters. The molecule has 4 heteroatoms. The zero-order chi connectivity index (χ0) is 19.7. The number of nitrogens with zero attached hydrogens (tertiary/aromatic N) is 2. The largest absolute Gasteiger partial charge is 0.348 e. The number of benzene rings is 2. The summed E-state index contributed by atoms with van der Waals surface area (Å²) in [6.07, 6.45) is 2.10. The summed E-state index contributed by atoms with van der Waals surface area (Å²) in [5.74, 6) is 0.477. The average Bonchev–Trinajstić information content (AvgIpc) is 3.17. The molecule has 1 aliphatic heterocycles. The Balaban J connectivity index is 1.63. The van der Waals surface area contributed by atoms with Crippen LogP contribution in [0.3, 0.4) is 0 Å². The smallest absolute Gasteiger partial charge is 0.322 e. The van der Waals surface area contributed by atoms with Crippen molar-refractivity contribution in [1.82, 2.24) is 9.47 Å². The lowest BCUT2D eigenvalue weighted by Crippen LogP contribution is -2.44. The molecule has 0 saturated heterocycles. The minimum atomic E-state index is -0.0834. The first-order valence-corrected chi connectivity index (χ1v) is 9.92. The first-order valence-electron chi connectivity index (χ1n) is 9.92. The number of anilines is 1. The predicted molar refractivity (Wildman–Crippen MR) is 114 cm³/mol. The average molecular weight is 374 g/mol. The molecule has 4 rings (SSSR count). The highest BCUT2D eigenvalue weighted by molar-refractivity contribution is 5.90. The molecular weight excluding hydrogens is 346 g/mol. The van der Waals surface area contributed by atoms with E-state index in [9.17, 15) is 4.79 Å². The first kappa shape index (κ1) is 18.4. The third-order valence-corrected chi connectivity index (χ3v) is 5.61. The van der Waals surface area contributed by atoms with Gasteiger partial charge in [-0.15, -0.1) is 0 Å². The molecule has 0 unspecified atom stereocenters. The lowest BCUT2D eigenvalue weighted by molar-refractivity contribution is 0.181. The van der Waals surface area contributed by atoms with Crippen LogP contribution in [0, 0.1) is 6.92 Å². The number of hydrogen-bond acceptors (Lipinski definition) is 1. The minimum absolute atomic E-state index is 0.0574. The van der Waals surface area contributed by atoms with E-state index >= 15 is 0 Å². The third kappa shape index (κ3) is 3.42. The van der Waals surface area contributed by atoms with Crippen molar-refractivity contribution in [1.29, 1.82) is 0 Å². The van der Waals surface area contributed by atoms with Gasteiger partial charge in [0.05, 0.1) is 6.04 Å². The Hall–Kier alpha value is -3.01. The molecule has 144 valence electrons. The maximum atomic E-state index is 13.2. The van der Waals surface area contributed by atoms with Crippen LogP contribution in [-0.2, 0) is 6.54 Å². The van der Waals surface area contributed by atoms with Crippen molar-refractivity contribution in [3.63, 3.8) is 0 Å². The normalized spacial score (nSPS) is 16.1. The second kappa shape index (κ2) is 7.55. The Morgan fingerprint density at radius 2 is 1.75 bits per heavy atom. The lowest BCUT2D eigenvalue weighted by atomic mass is 9.96. The van der Waals surface area contributed by atoms with Gasteiger partial charge in [-0.1, -0.05) is 50.2 Å². The van der Waals surface area contributed by atoms with Gasteiger partial charge in [0.1, 0.15) is 0 Å². The molecule has 0 bridgehead atoms. The van der Waals surface area contributed by atoms with E-state index in [1.54, 1.807) is 0 Å². The van der Waals surface area contributed by atoms with Crippen LogP contribution in [-0.4, -0.2) is 22.0 Å². The van der Waals surface area contributed by atoms with Gasteiger partial charge in [-0.2, -0.15) is 0 Å². The predicted octanol–water partition coefficient (Wildman–Crippen LogP) is 5.56. The van der Waals surface area contributed by atoms with Gasteiger partial charge in [0, 0.05) is 30.7 Å². The third-order valence-electron chi connectivity index (χ3n) is 5.61. The number of aromatic nitrogens is 1. The second-order valence-electron chi connectivity index (χ2n) is 7.79. The molecular formula is C24H27N3O. The Morgan fingerprint density at radius 1 is 1.00 bits per heavy atom. The fourth-order valence-corrected chi connectivity index (χ4v) is 3.97. The molecule has 1 aliphatic rings. The van der Waals surface area contributed by atoms with E-state index in [0.717, 1.165) is 17.9 Å². The Kier molecular flexibility index (Phi) is 4.95. The van der Waals surface area contributed by atoms with E-state index < -0.39 is 0 Å². The van der Waals surface area contributed by atoms with Crippen LogP contribution in [0.2, 0.25) is 0 Å². The molecule has 28 heavy (non-hydrogen) atoms. The van der Waals surface area contributed by atoms with Crippen LogP contribution in [0.1, 0.15) is 48.2 Å². The maximum absolute atomic E-state index is 13.2. The molecule has 0 saturated carbocycles. The van der Waals surface area contributed by atoms with Crippen LogP contribution >= 0.6 is 0 Å². The summed E-state index contributed by atoms with van der Waals surface area (Å²) < 4.78 is 2.25. The molecule has 2 aromatic carbocycles. The highest BCUT2D eigenvalue weighted by Crippen LogP contribution is 2.34. The van der Waals surface area contributed by atoms with E-state index in [0.29, 0.717) is 12.5 Å². The number of hydrogen-bond donors (Lipinski definition) is 1. The fourth-order valence-electron chi connectivity index (χ4n) is 3.97. The van der Waals surface area contributed by atoms with Crippen LogP contribution in [0.4, 0.5) is 10.5 Å². The van der Waals surface area contributed by atoms with E-state index in [-0.39, 0.29) is 12.1 Å². The molecule has 0 fully saturated rings. The van der Waals surface area contributed by atoms with Gasteiger partial charge in [0.2, 0.25) is 0 Å². The Labute approximate surface area is 166 Å². The lowest BCUT2D eigenvalue weighted by Gasteiger charge is -2.38. The number of carbonyl (C=O) groups excluding carboxylic acids is 1. The van der Waals surface area contributed by atoms with Crippen molar-refractivity contribution in [3.05, 3.63) is 89.2 Å². The number of amides is 2. The fraction of sp³-hybridized carbons (Fsp3) is 0.292. The summed E-state index contributed by atoms with van der Waals surface area (Å²) in [7, 11) is 0. The van der Waals surface area contributed by atoms with Crippen LogP contribution in [0.5, 0.6) is 0 Å². The van der Waals surface area contributed by atoms with Crippen molar-refractivity contribution >= 4 is 11.7 Å². The van der Waals surface area contributed by atoms with Crippen LogP contribution in [0.25, 0.3) is 0 Å². The standard InChI is InChI=1S/C24H27N3O/c1-17(2)19-10-12-20(13-11-19)25-24(28)27-16-15-26-14-6-9-22(26)23(27)21-8-5-4-7-18(21)3/h4-14,17,23H,15-16H2,1-3H3,(H,25,28)/t23-/m0/s1. The number of aryl methyl sites for hydroxylation is 1. The zero-order valence-corrected chi connectivity index (χ0v) is 16.7. The molecule has 4 nitrogen and oxygen atoms in total. The summed E-state index contributed by atoms with van der Waals surface area (Å²) in [5.41, 5.74) is 5.63. The van der Waals surface area contributed by atoms with Crippen molar-refractivity contribution in [2.45, 2.75) is 39.3 Å². The summed E-state index contributed by atoms with van der Waals surface area (Å²) in [4.78, 5) is 15.2.